The first-order chi connectivity index (χ1) is 13.5. The summed E-state index contributed by atoms with van der Waals surface area (Å²) in [5.41, 5.74) is 1.17. The molecule has 154 valence electrons. The fourth-order valence-corrected chi connectivity index (χ4v) is 3.57. The van der Waals surface area contributed by atoms with Gasteiger partial charge < -0.3 is 25.0 Å². The molecule has 2 unspecified atom stereocenters. The van der Waals surface area contributed by atoms with Crippen LogP contribution in [0.2, 0.25) is 0 Å². The van der Waals surface area contributed by atoms with E-state index in [1.807, 2.05) is 12.1 Å². The Morgan fingerprint density at radius 1 is 1.21 bits per heavy atom. The number of carbonyl (C=O) groups is 1. The zero-order valence-electron chi connectivity index (χ0n) is 17.2. The summed E-state index contributed by atoms with van der Waals surface area (Å²) in [5, 5.41) is 6.95. The predicted molar refractivity (Wildman–Crippen MR) is 110 cm³/mol. The van der Waals surface area contributed by atoms with E-state index in [1.165, 1.54) is 24.8 Å². The molecule has 0 spiro atoms. The van der Waals surface area contributed by atoms with Crippen molar-refractivity contribution in [2.75, 3.05) is 34.0 Å². The maximum atomic E-state index is 11.9. The van der Waals surface area contributed by atoms with Gasteiger partial charge in [-0.1, -0.05) is 25.8 Å². The number of guanidine groups is 1. The van der Waals surface area contributed by atoms with Crippen molar-refractivity contribution in [3.63, 3.8) is 0 Å². The maximum Gasteiger partial charge on any atom is 0.243 e. The van der Waals surface area contributed by atoms with Gasteiger partial charge in [-0.3, -0.25) is 4.79 Å². The van der Waals surface area contributed by atoms with E-state index in [9.17, 15) is 4.79 Å². The van der Waals surface area contributed by atoms with Crippen LogP contribution in [0.15, 0.2) is 23.2 Å². The number of fused-ring (bicyclic) bond motifs is 1. The highest BCUT2D eigenvalue weighted by atomic mass is 16.7. The number of hydrogen-bond acceptors (Lipinski definition) is 4. The topological polar surface area (TPSA) is 75.2 Å². The van der Waals surface area contributed by atoms with Crippen molar-refractivity contribution in [2.24, 2.45) is 10.9 Å². The van der Waals surface area contributed by atoms with Crippen molar-refractivity contribution >= 4 is 11.9 Å². The van der Waals surface area contributed by atoms with E-state index >= 15 is 0 Å². The second-order valence-corrected chi connectivity index (χ2v) is 7.83. The van der Waals surface area contributed by atoms with E-state index in [4.69, 9.17) is 9.47 Å². The Morgan fingerprint density at radius 2 is 2.00 bits per heavy atom. The Balaban J connectivity index is 1.57. The number of hydrogen-bond donors (Lipinski definition) is 2. The minimum atomic E-state index is -0.00596. The zero-order valence-corrected chi connectivity index (χ0v) is 17.2. The number of benzene rings is 1. The third-order valence-corrected chi connectivity index (χ3v) is 5.45. The molecule has 0 aromatic heterocycles. The average Bonchev–Trinajstić information content (AvgIpc) is 3.15. The van der Waals surface area contributed by atoms with Gasteiger partial charge in [-0.25, -0.2) is 4.99 Å². The average molecular weight is 389 g/mol. The summed E-state index contributed by atoms with van der Waals surface area (Å²) in [6, 6.07) is 6.43. The minimum Gasteiger partial charge on any atom is -0.454 e. The zero-order chi connectivity index (χ0) is 19.9. The summed E-state index contributed by atoms with van der Waals surface area (Å²) in [6.45, 7) is 3.44. The van der Waals surface area contributed by atoms with Crippen LogP contribution in [0.25, 0.3) is 0 Å². The van der Waals surface area contributed by atoms with Gasteiger partial charge in [0.25, 0.3) is 0 Å². The molecular weight excluding hydrogens is 356 g/mol. The standard InChI is InChI=1S/C21H32N4O3/c1-15-6-4-5-7-17(15)24-21(23-13-20(26)25(2)3)22-11-10-16-8-9-18-19(12-16)28-14-27-18/h8-9,12,15,17H,4-7,10-11,13-14H2,1-3H3,(H2,22,23,24). The van der Waals surface area contributed by atoms with Crippen molar-refractivity contribution in [2.45, 2.75) is 45.1 Å². The normalized spacial score (nSPS) is 21.3. The first-order valence-electron chi connectivity index (χ1n) is 10.2. The largest absolute Gasteiger partial charge is 0.454 e. The molecule has 7 heteroatoms. The Hall–Kier alpha value is -2.44. The molecule has 1 fully saturated rings. The second-order valence-electron chi connectivity index (χ2n) is 7.83. The molecule has 7 nitrogen and oxygen atoms in total. The summed E-state index contributed by atoms with van der Waals surface area (Å²) in [6.07, 6.45) is 5.75. The van der Waals surface area contributed by atoms with Gasteiger partial charge in [0.05, 0.1) is 0 Å². The minimum absolute atomic E-state index is 0.00596. The third kappa shape index (κ3) is 5.53. The van der Waals surface area contributed by atoms with Crippen LogP contribution < -0.4 is 20.1 Å². The van der Waals surface area contributed by atoms with Crippen LogP contribution in [0, 0.1) is 5.92 Å². The molecule has 1 aromatic rings. The van der Waals surface area contributed by atoms with Crippen LogP contribution in [0.5, 0.6) is 11.5 Å². The molecule has 0 radical (unpaired) electrons. The van der Waals surface area contributed by atoms with Gasteiger partial charge >= 0.3 is 0 Å². The van der Waals surface area contributed by atoms with Gasteiger partial charge in [0, 0.05) is 26.7 Å². The number of amides is 1. The molecule has 1 aliphatic heterocycles. The molecule has 1 saturated carbocycles. The lowest BCUT2D eigenvalue weighted by Crippen LogP contribution is -2.48. The number of carbonyl (C=O) groups excluding carboxylic acids is 1. The Labute approximate surface area is 167 Å². The van der Waals surface area contributed by atoms with Crippen molar-refractivity contribution in [3.05, 3.63) is 23.8 Å². The number of likely N-dealkylation sites (N-methyl/N-ethyl adjacent to an activating group) is 1. The van der Waals surface area contributed by atoms with Crippen molar-refractivity contribution in [1.82, 2.24) is 15.5 Å². The Morgan fingerprint density at radius 3 is 2.79 bits per heavy atom. The quantitative estimate of drug-likeness (QED) is 0.577. The molecule has 1 aromatic carbocycles. The molecule has 28 heavy (non-hydrogen) atoms. The summed E-state index contributed by atoms with van der Waals surface area (Å²) in [7, 11) is 3.50. The van der Waals surface area contributed by atoms with Gasteiger partial charge in [-0.15, -0.1) is 0 Å². The van der Waals surface area contributed by atoms with Crippen molar-refractivity contribution in [1.29, 1.82) is 0 Å². The molecule has 0 bridgehead atoms. The van der Waals surface area contributed by atoms with Crippen LogP contribution in [0.3, 0.4) is 0 Å². The van der Waals surface area contributed by atoms with E-state index < -0.39 is 0 Å². The van der Waals surface area contributed by atoms with E-state index in [1.54, 1.807) is 19.0 Å². The van der Waals surface area contributed by atoms with E-state index in [-0.39, 0.29) is 19.2 Å². The summed E-state index contributed by atoms with van der Waals surface area (Å²) < 4.78 is 10.8. The molecule has 2 atom stereocenters. The Kier molecular flexibility index (Phi) is 7.01. The van der Waals surface area contributed by atoms with Gasteiger partial charge in [-0.2, -0.15) is 0 Å². The van der Waals surface area contributed by atoms with E-state index in [0.29, 0.717) is 12.0 Å². The van der Waals surface area contributed by atoms with Crippen LogP contribution >= 0.6 is 0 Å². The Bertz CT molecular complexity index is 705. The highest BCUT2D eigenvalue weighted by Gasteiger charge is 2.22. The lowest BCUT2D eigenvalue weighted by atomic mass is 9.86. The molecule has 2 N–H and O–H groups in total. The third-order valence-electron chi connectivity index (χ3n) is 5.45. The predicted octanol–water partition coefficient (Wildman–Crippen LogP) is 2.16. The maximum absolute atomic E-state index is 11.9. The van der Waals surface area contributed by atoms with Crippen LogP contribution in [0.4, 0.5) is 0 Å². The number of rotatable bonds is 6. The smallest absolute Gasteiger partial charge is 0.243 e. The second kappa shape index (κ2) is 9.66. The molecule has 3 rings (SSSR count). The number of ether oxygens (including phenoxy) is 2. The van der Waals surface area contributed by atoms with Gasteiger partial charge in [-0.05, 0) is 42.9 Å². The van der Waals surface area contributed by atoms with Crippen LogP contribution in [-0.4, -0.2) is 56.8 Å². The van der Waals surface area contributed by atoms with Crippen LogP contribution in [0.1, 0.15) is 38.2 Å². The molecular formula is C21H32N4O3. The van der Waals surface area contributed by atoms with Crippen molar-refractivity contribution < 1.29 is 14.3 Å². The van der Waals surface area contributed by atoms with Gasteiger partial charge in [0.1, 0.15) is 6.54 Å². The summed E-state index contributed by atoms with van der Waals surface area (Å²) in [4.78, 5) is 18.0. The lowest BCUT2D eigenvalue weighted by molar-refractivity contribution is -0.127. The van der Waals surface area contributed by atoms with Gasteiger partial charge in [0.2, 0.25) is 12.7 Å². The molecule has 2 aliphatic rings. The number of nitrogens with one attached hydrogen (secondary N) is 2. The molecule has 1 aliphatic carbocycles. The molecule has 0 saturated heterocycles. The number of nitrogens with zero attached hydrogens (tertiary/aromatic N) is 2. The van der Waals surface area contributed by atoms with Crippen molar-refractivity contribution in [3.8, 4) is 11.5 Å². The lowest BCUT2D eigenvalue weighted by Gasteiger charge is -2.31. The van der Waals surface area contributed by atoms with Crippen LogP contribution in [-0.2, 0) is 11.2 Å². The van der Waals surface area contributed by atoms with Gasteiger partial charge in [0.15, 0.2) is 17.5 Å². The monoisotopic (exact) mass is 388 g/mol. The van der Waals surface area contributed by atoms with E-state index in [0.717, 1.165) is 36.8 Å². The first kappa shape index (κ1) is 20.3. The molecule has 1 amide bonds. The highest BCUT2D eigenvalue weighted by molar-refractivity contribution is 5.85. The number of aliphatic imine (C=N–C) groups is 1. The fourth-order valence-electron chi connectivity index (χ4n) is 3.57. The summed E-state index contributed by atoms with van der Waals surface area (Å²) in [5.74, 6) is 2.92. The first-order valence-corrected chi connectivity index (χ1v) is 10.2. The highest BCUT2D eigenvalue weighted by Crippen LogP contribution is 2.32. The fraction of sp³-hybridized carbons (Fsp3) is 0.619. The molecule has 1 heterocycles. The SMILES string of the molecule is CC1CCCCC1NC(=NCC(=O)N(C)C)NCCc1ccc2c(c1)OCO2. The summed E-state index contributed by atoms with van der Waals surface area (Å²) >= 11 is 0. The van der Waals surface area contributed by atoms with E-state index in [2.05, 4.69) is 28.6 Å².